The molecule has 0 bridgehead atoms. The van der Waals surface area contributed by atoms with Crippen molar-refractivity contribution >= 4 is 0 Å². The van der Waals surface area contributed by atoms with Crippen LogP contribution >= 0.6 is 0 Å². The molecule has 2 saturated heterocycles. The van der Waals surface area contributed by atoms with Gasteiger partial charge in [-0.1, -0.05) is 0 Å². The van der Waals surface area contributed by atoms with Crippen molar-refractivity contribution in [1.29, 1.82) is 0 Å². The van der Waals surface area contributed by atoms with Gasteiger partial charge < -0.3 is 15.5 Å². The van der Waals surface area contributed by atoms with Crippen LogP contribution in [0, 0.1) is 0 Å². The molecule has 2 heterocycles. The van der Waals surface area contributed by atoms with Crippen molar-refractivity contribution in [3.63, 3.8) is 0 Å². The zero-order valence-electron chi connectivity index (χ0n) is 11.4. The summed E-state index contributed by atoms with van der Waals surface area (Å²) in [5.74, 6) is 0. The second-order valence-corrected chi connectivity index (χ2v) is 5.79. The second-order valence-electron chi connectivity index (χ2n) is 5.79. The van der Waals surface area contributed by atoms with Crippen LogP contribution in [-0.4, -0.2) is 49.7 Å². The maximum Gasteiger partial charge on any atom is 0.00822 e. The Hall–Kier alpha value is -0.120. The lowest BCUT2D eigenvalue weighted by Crippen LogP contribution is -2.35. The molecule has 2 unspecified atom stereocenters. The van der Waals surface area contributed by atoms with Crippen molar-refractivity contribution in [2.24, 2.45) is 0 Å². The van der Waals surface area contributed by atoms with Gasteiger partial charge in [-0.15, -0.1) is 0 Å². The summed E-state index contributed by atoms with van der Waals surface area (Å²) < 4.78 is 0. The molecule has 2 atom stereocenters. The lowest BCUT2D eigenvalue weighted by Gasteiger charge is -2.19. The Balaban J connectivity index is 1.46. The molecule has 3 nitrogen and oxygen atoms in total. The molecule has 17 heavy (non-hydrogen) atoms. The van der Waals surface area contributed by atoms with E-state index in [-0.39, 0.29) is 0 Å². The molecule has 100 valence electrons. The average Bonchev–Trinajstić information content (AvgIpc) is 2.96. The van der Waals surface area contributed by atoms with Gasteiger partial charge in [0.2, 0.25) is 0 Å². The highest BCUT2D eigenvalue weighted by molar-refractivity contribution is 4.78. The number of nitrogens with one attached hydrogen (secondary N) is 2. The normalized spacial score (nSPS) is 27.7. The van der Waals surface area contributed by atoms with Crippen LogP contribution in [-0.2, 0) is 0 Å². The maximum absolute atomic E-state index is 3.67. The molecular formula is C14H29N3. The SMILES string of the molecule is CC(CC1CCCN1)NCCCN1CCCC1. The van der Waals surface area contributed by atoms with Crippen molar-refractivity contribution in [2.45, 2.75) is 57.5 Å². The monoisotopic (exact) mass is 239 g/mol. The summed E-state index contributed by atoms with van der Waals surface area (Å²) in [4.78, 5) is 2.60. The van der Waals surface area contributed by atoms with Gasteiger partial charge in [-0.3, -0.25) is 0 Å². The van der Waals surface area contributed by atoms with E-state index in [1.54, 1.807) is 0 Å². The van der Waals surface area contributed by atoms with Crippen molar-refractivity contribution < 1.29 is 0 Å². The number of likely N-dealkylation sites (tertiary alicyclic amines) is 1. The first kappa shape index (κ1) is 13.3. The van der Waals surface area contributed by atoms with Gasteiger partial charge in [0.25, 0.3) is 0 Å². The summed E-state index contributed by atoms with van der Waals surface area (Å²) >= 11 is 0. The Bertz CT molecular complexity index is 196. The van der Waals surface area contributed by atoms with E-state index in [1.807, 2.05) is 0 Å². The smallest absolute Gasteiger partial charge is 0.00822 e. The molecule has 2 fully saturated rings. The Kier molecular flexibility index (Phi) is 5.75. The number of hydrogen-bond donors (Lipinski definition) is 2. The Morgan fingerprint density at radius 1 is 1.29 bits per heavy atom. The second kappa shape index (κ2) is 7.34. The van der Waals surface area contributed by atoms with E-state index in [0.29, 0.717) is 6.04 Å². The molecule has 2 rings (SSSR count). The number of nitrogens with zero attached hydrogens (tertiary/aromatic N) is 1. The van der Waals surface area contributed by atoms with E-state index >= 15 is 0 Å². The quantitative estimate of drug-likeness (QED) is 0.661. The van der Waals surface area contributed by atoms with Crippen LogP contribution in [0.5, 0.6) is 0 Å². The minimum atomic E-state index is 0.671. The van der Waals surface area contributed by atoms with E-state index < -0.39 is 0 Å². The molecule has 2 N–H and O–H groups in total. The fourth-order valence-electron chi connectivity index (χ4n) is 3.13. The molecule has 0 radical (unpaired) electrons. The predicted molar refractivity (Wildman–Crippen MR) is 73.4 cm³/mol. The van der Waals surface area contributed by atoms with Gasteiger partial charge in [0.15, 0.2) is 0 Å². The molecule has 0 aromatic heterocycles. The van der Waals surface area contributed by atoms with Crippen molar-refractivity contribution in [2.75, 3.05) is 32.7 Å². The lowest BCUT2D eigenvalue weighted by atomic mass is 10.1. The summed E-state index contributed by atoms with van der Waals surface area (Å²) in [6.07, 6.45) is 8.17. The van der Waals surface area contributed by atoms with Crippen LogP contribution < -0.4 is 10.6 Å². The third-order valence-corrected chi connectivity index (χ3v) is 4.14. The first-order valence-corrected chi connectivity index (χ1v) is 7.54. The summed E-state index contributed by atoms with van der Waals surface area (Å²) in [6.45, 7) is 8.71. The van der Waals surface area contributed by atoms with Gasteiger partial charge >= 0.3 is 0 Å². The van der Waals surface area contributed by atoms with Gasteiger partial charge in [-0.2, -0.15) is 0 Å². The molecule has 0 aromatic carbocycles. The van der Waals surface area contributed by atoms with E-state index in [9.17, 15) is 0 Å². The molecule has 0 saturated carbocycles. The molecule has 2 aliphatic heterocycles. The van der Waals surface area contributed by atoms with E-state index in [1.165, 1.54) is 71.2 Å². The van der Waals surface area contributed by atoms with Crippen LogP contribution in [0.3, 0.4) is 0 Å². The highest BCUT2D eigenvalue weighted by Crippen LogP contribution is 2.11. The van der Waals surface area contributed by atoms with E-state index in [0.717, 1.165) is 6.04 Å². The summed E-state index contributed by atoms with van der Waals surface area (Å²) in [6, 6.07) is 1.44. The molecule has 0 aromatic rings. The van der Waals surface area contributed by atoms with Crippen LogP contribution in [0.4, 0.5) is 0 Å². The molecular weight excluding hydrogens is 210 g/mol. The largest absolute Gasteiger partial charge is 0.314 e. The highest BCUT2D eigenvalue weighted by Gasteiger charge is 2.16. The average molecular weight is 239 g/mol. The standard InChI is InChI=1S/C14H29N3/c1-13(12-14-6-4-7-16-14)15-8-5-11-17-9-2-3-10-17/h13-16H,2-12H2,1H3. The third-order valence-electron chi connectivity index (χ3n) is 4.14. The van der Waals surface area contributed by atoms with Gasteiger partial charge in [0.1, 0.15) is 0 Å². The van der Waals surface area contributed by atoms with Gasteiger partial charge in [-0.05, 0) is 78.2 Å². The minimum Gasteiger partial charge on any atom is -0.314 e. The fraction of sp³-hybridized carbons (Fsp3) is 1.00. The van der Waals surface area contributed by atoms with E-state index in [4.69, 9.17) is 0 Å². The van der Waals surface area contributed by atoms with Gasteiger partial charge in [0, 0.05) is 12.1 Å². The molecule has 0 amide bonds. The summed E-state index contributed by atoms with van der Waals surface area (Å²) in [7, 11) is 0. The van der Waals surface area contributed by atoms with Crippen molar-refractivity contribution in [3.8, 4) is 0 Å². The Morgan fingerprint density at radius 3 is 2.82 bits per heavy atom. The molecule has 3 heteroatoms. The van der Waals surface area contributed by atoms with Crippen molar-refractivity contribution in [1.82, 2.24) is 15.5 Å². The fourth-order valence-corrected chi connectivity index (χ4v) is 3.13. The summed E-state index contributed by atoms with van der Waals surface area (Å²) in [5, 5.41) is 7.24. The van der Waals surface area contributed by atoms with E-state index in [2.05, 4.69) is 22.5 Å². The zero-order valence-corrected chi connectivity index (χ0v) is 11.4. The molecule has 0 spiro atoms. The summed E-state index contributed by atoms with van der Waals surface area (Å²) in [5.41, 5.74) is 0. The third kappa shape index (κ3) is 4.94. The maximum atomic E-state index is 3.67. The first-order valence-electron chi connectivity index (χ1n) is 7.54. The van der Waals surface area contributed by atoms with Gasteiger partial charge in [0.05, 0.1) is 0 Å². The predicted octanol–water partition coefficient (Wildman–Crippen LogP) is 1.59. The number of hydrogen-bond acceptors (Lipinski definition) is 3. The lowest BCUT2D eigenvalue weighted by molar-refractivity contribution is 0.325. The Morgan fingerprint density at radius 2 is 2.12 bits per heavy atom. The molecule has 2 aliphatic rings. The van der Waals surface area contributed by atoms with Crippen LogP contribution in [0.2, 0.25) is 0 Å². The van der Waals surface area contributed by atoms with Crippen molar-refractivity contribution in [3.05, 3.63) is 0 Å². The topological polar surface area (TPSA) is 27.3 Å². The van der Waals surface area contributed by atoms with Crippen LogP contribution in [0.25, 0.3) is 0 Å². The number of rotatable bonds is 7. The Labute approximate surface area is 106 Å². The van der Waals surface area contributed by atoms with Crippen LogP contribution in [0.15, 0.2) is 0 Å². The zero-order chi connectivity index (χ0) is 11.9. The van der Waals surface area contributed by atoms with Crippen LogP contribution in [0.1, 0.15) is 45.4 Å². The highest BCUT2D eigenvalue weighted by atomic mass is 15.1. The first-order chi connectivity index (χ1) is 8.34. The minimum absolute atomic E-state index is 0.671. The van der Waals surface area contributed by atoms with Gasteiger partial charge in [-0.25, -0.2) is 0 Å². The molecule has 0 aliphatic carbocycles.